The summed E-state index contributed by atoms with van der Waals surface area (Å²) in [5.74, 6) is -2.29. The van der Waals surface area contributed by atoms with Gasteiger partial charge in [-0.15, -0.1) is 0 Å². The highest BCUT2D eigenvalue weighted by Gasteiger charge is 2.44. The molecule has 2 amide bonds. The maximum absolute atomic E-state index is 14.0. The number of likely N-dealkylation sites (tertiary alicyclic amines) is 1. The van der Waals surface area contributed by atoms with Crippen molar-refractivity contribution in [2.75, 3.05) is 13.7 Å². The number of methoxy groups -OCH3 is 1. The molecule has 1 aromatic rings. The minimum atomic E-state index is -1.14. The van der Waals surface area contributed by atoms with E-state index in [1.165, 1.54) is 24.1 Å². The zero-order valence-electron chi connectivity index (χ0n) is 20.1. The predicted molar refractivity (Wildman–Crippen MR) is 129 cm³/mol. The number of halogens is 3. The molecule has 1 aromatic carbocycles. The fraction of sp³-hybridized carbons (Fsp3) is 0.591. The third-order valence-corrected chi connectivity index (χ3v) is 4.54. The van der Waals surface area contributed by atoms with E-state index in [0.717, 1.165) is 0 Å². The average molecular weight is 524 g/mol. The van der Waals surface area contributed by atoms with E-state index in [1.807, 2.05) is 0 Å². The summed E-state index contributed by atoms with van der Waals surface area (Å²) < 4.78 is 24.1. The van der Waals surface area contributed by atoms with Crippen molar-refractivity contribution in [2.45, 2.75) is 65.0 Å². The Hall–Kier alpha value is -1.84. The van der Waals surface area contributed by atoms with Gasteiger partial charge in [-0.1, -0.05) is 43.4 Å². The SMILES string of the molecule is COC(=O)[C@H]1C[C@@H](C(=O)NCc2cccc(Cl)c2F)N(C(=O)OC(C)(C)C)C1.C[Si](C)(C)Cl. The lowest BCUT2D eigenvalue weighted by Crippen LogP contribution is -2.47. The van der Waals surface area contributed by atoms with E-state index < -0.39 is 48.7 Å². The molecule has 1 heterocycles. The molecule has 11 heteroatoms. The molecule has 0 spiro atoms. The van der Waals surface area contributed by atoms with Crippen molar-refractivity contribution < 1.29 is 28.2 Å². The van der Waals surface area contributed by atoms with Gasteiger partial charge in [-0.3, -0.25) is 14.5 Å². The van der Waals surface area contributed by atoms with Crippen LogP contribution in [0.4, 0.5) is 9.18 Å². The van der Waals surface area contributed by atoms with Crippen LogP contribution in [0.3, 0.4) is 0 Å². The van der Waals surface area contributed by atoms with Crippen LogP contribution in [0, 0.1) is 11.7 Å². The fourth-order valence-corrected chi connectivity index (χ4v) is 3.12. The maximum atomic E-state index is 14.0. The Labute approximate surface area is 205 Å². The molecular formula is C22H33Cl2FN2O5Si. The minimum absolute atomic E-state index is 0.00516. The number of benzene rings is 1. The molecule has 0 aromatic heterocycles. The molecule has 1 aliphatic rings. The lowest BCUT2D eigenvalue weighted by atomic mass is 10.1. The minimum Gasteiger partial charge on any atom is -0.469 e. The molecule has 1 saturated heterocycles. The van der Waals surface area contributed by atoms with Crippen molar-refractivity contribution in [3.8, 4) is 0 Å². The normalized spacial score (nSPS) is 18.2. The largest absolute Gasteiger partial charge is 0.469 e. The Morgan fingerprint density at radius 2 is 1.82 bits per heavy atom. The summed E-state index contributed by atoms with van der Waals surface area (Å²) in [6.45, 7) is 11.3. The second kappa shape index (κ2) is 12.0. The molecule has 2 atom stereocenters. The highest BCUT2D eigenvalue weighted by Crippen LogP contribution is 2.27. The highest BCUT2D eigenvalue weighted by atomic mass is 35.6. The topological polar surface area (TPSA) is 84.9 Å². The van der Waals surface area contributed by atoms with Crippen LogP contribution in [0.1, 0.15) is 32.8 Å². The van der Waals surface area contributed by atoms with Crippen LogP contribution in [0.25, 0.3) is 0 Å². The molecule has 7 nitrogen and oxygen atoms in total. The summed E-state index contributed by atoms with van der Waals surface area (Å²) in [5, 5.41) is 2.55. The highest BCUT2D eigenvalue weighted by molar-refractivity contribution is 7.18. The van der Waals surface area contributed by atoms with Crippen LogP contribution in [0.2, 0.25) is 24.7 Å². The van der Waals surface area contributed by atoms with E-state index in [9.17, 15) is 18.8 Å². The van der Waals surface area contributed by atoms with Gasteiger partial charge in [0, 0.05) is 18.7 Å². The summed E-state index contributed by atoms with van der Waals surface area (Å²) in [6.07, 6.45) is -0.608. The quantitative estimate of drug-likeness (QED) is 0.343. The predicted octanol–water partition coefficient (Wildman–Crippen LogP) is 4.95. The molecule has 0 unspecified atom stereocenters. The lowest BCUT2D eigenvalue weighted by Gasteiger charge is -2.28. The van der Waals surface area contributed by atoms with Crippen molar-refractivity contribution in [2.24, 2.45) is 5.92 Å². The zero-order chi connectivity index (χ0) is 25.6. The number of amides is 2. The first-order valence-corrected chi connectivity index (χ1v) is 15.4. The third-order valence-electron chi connectivity index (χ3n) is 4.25. The Balaban J connectivity index is 0.000000981. The van der Waals surface area contributed by atoms with Gasteiger partial charge < -0.3 is 14.8 Å². The number of nitrogens with zero attached hydrogens (tertiary/aromatic N) is 1. The summed E-state index contributed by atoms with van der Waals surface area (Å²) >= 11 is 11.4. The summed E-state index contributed by atoms with van der Waals surface area (Å²) in [5.41, 5.74) is -0.544. The lowest BCUT2D eigenvalue weighted by molar-refractivity contribution is -0.144. The second-order valence-corrected chi connectivity index (χ2v) is 17.5. The van der Waals surface area contributed by atoms with Crippen LogP contribution >= 0.6 is 22.7 Å². The molecule has 186 valence electrons. The monoisotopic (exact) mass is 522 g/mol. The summed E-state index contributed by atoms with van der Waals surface area (Å²) in [6, 6.07) is 3.55. The first-order valence-electron chi connectivity index (χ1n) is 10.5. The number of ether oxygens (including phenoxy) is 2. The molecule has 2 rings (SSSR count). The Bertz CT molecular complexity index is 852. The van der Waals surface area contributed by atoms with Gasteiger partial charge in [-0.25, -0.2) is 9.18 Å². The molecule has 1 fully saturated rings. The van der Waals surface area contributed by atoms with E-state index in [0.29, 0.717) is 0 Å². The molecule has 0 bridgehead atoms. The van der Waals surface area contributed by atoms with E-state index in [4.69, 9.17) is 32.2 Å². The molecule has 0 aliphatic carbocycles. The van der Waals surface area contributed by atoms with Crippen LogP contribution in [0.15, 0.2) is 18.2 Å². The number of hydrogen-bond acceptors (Lipinski definition) is 5. The van der Waals surface area contributed by atoms with Gasteiger partial charge in [-0.05, 0) is 33.3 Å². The first-order chi connectivity index (χ1) is 15.0. The van der Waals surface area contributed by atoms with E-state index >= 15 is 0 Å². The Morgan fingerprint density at radius 3 is 2.33 bits per heavy atom. The molecule has 33 heavy (non-hydrogen) atoms. The smallest absolute Gasteiger partial charge is 0.410 e. The van der Waals surface area contributed by atoms with Crippen LogP contribution in [-0.2, 0) is 25.6 Å². The number of esters is 1. The van der Waals surface area contributed by atoms with Crippen molar-refractivity contribution in [3.63, 3.8) is 0 Å². The Morgan fingerprint density at radius 1 is 1.24 bits per heavy atom. The number of carbonyl (C=O) groups is 3. The summed E-state index contributed by atoms with van der Waals surface area (Å²) in [7, 11) is 0.107. The van der Waals surface area contributed by atoms with E-state index in [-0.39, 0.29) is 30.1 Å². The third kappa shape index (κ3) is 10.3. The van der Waals surface area contributed by atoms with Gasteiger partial charge in [0.1, 0.15) is 24.8 Å². The molecule has 1 N–H and O–H groups in total. The number of nitrogens with one attached hydrogen (secondary N) is 1. The van der Waals surface area contributed by atoms with Gasteiger partial charge in [-0.2, -0.15) is 11.1 Å². The van der Waals surface area contributed by atoms with Crippen LogP contribution in [0.5, 0.6) is 0 Å². The van der Waals surface area contributed by atoms with Crippen molar-refractivity contribution >= 4 is 48.0 Å². The first kappa shape index (κ1) is 29.2. The van der Waals surface area contributed by atoms with Crippen molar-refractivity contribution in [3.05, 3.63) is 34.6 Å². The number of rotatable bonds is 4. The zero-order valence-corrected chi connectivity index (χ0v) is 22.6. The van der Waals surface area contributed by atoms with Crippen molar-refractivity contribution in [1.29, 1.82) is 0 Å². The van der Waals surface area contributed by atoms with E-state index in [2.05, 4.69) is 25.0 Å². The molecule has 1 aliphatic heterocycles. The van der Waals surface area contributed by atoms with Crippen LogP contribution < -0.4 is 5.32 Å². The molecular weight excluding hydrogens is 490 g/mol. The molecule has 0 saturated carbocycles. The van der Waals surface area contributed by atoms with Gasteiger partial charge >= 0.3 is 12.1 Å². The fourth-order valence-electron chi connectivity index (χ4n) is 2.93. The summed E-state index contributed by atoms with van der Waals surface area (Å²) in [4.78, 5) is 38.3. The molecule has 0 radical (unpaired) electrons. The van der Waals surface area contributed by atoms with Gasteiger partial charge in [0.15, 0.2) is 0 Å². The average Bonchev–Trinajstić information content (AvgIpc) is 3.11. The second-order valence-electron chi connectivity index (χ2n) is 9.60. The van der Waals surface area contributed by atoms with Gasteiger partial charge in [0.25, 0.3) is 0 Å². The van der Waals surface area contributed by atoms with Crippen molar-refractivity contribution in [1.82, 2.24) is 10.2 Å². The van der Waals surface area contributed by atoms with Crippen LogP contribution in [-0.4, -0.2) is 55.6 Å². The van der Waals surface area contributed by atoms with E-state index in [1.54, 1.807) is 26.8 Å². The number of carbonyl (C=O) groups excluding carboxylic acids is 3. The van der Waals surface area contributed by atoms with Gasteiger partial charge in [0.05, 0.1) is 18.1 Å². The van der Waals surface area contributed by atoms with Gasteiger partial charge in [0.2, 0.25) is 5.91 Å². The number of hydrogen-bond donors (Lipinski definition) is 1. The maximum Gasteiger partial charge on any atom is 0.410 e. The Kier molecular flexibility index (Phi) is 10.6. The standard InChI is InChI=1S/C19H24ClFN2O5.C3H9ClSi/c1-19(2,3)28-18(26)23-10-12(17(25)27-4)8-14(23)16(24)22-9-11-6-5-7-13(20)15(11)21;1-5(2,3)4/h5-7,12,14H,8-10H2,1-4H3,(H,22,24);1-3H3/t12-,14-;/m0./s1.